The Bertz CT molecular complexity index is 548. The highest BCUT2D eigenvalue weighted by Gasteiger charge is 2.09. The van der Waals surface area contributed by atoms with Crippen LogP contribution in [0.4, 0.5) is 0 Å². The molecule has 0 amide bonds. The summed E-state index contributed by atoms with van der Waals surface area (Å²) in [4.78, 5) is 20.3. The molecule has 0 fully saturated rings. The van der Waals surface area contributed by atoms with E-state index >= 15 is 0 Å². The quantitative estimate of drug-likeness (QED) is 0.768. The second-order valence-electron chi connectivity index (χ2n) is 4.18. The minimum absolute atomic E-state index is 0.232. The molecule has 0 radical (unpaired) electrons. The van der Waals surface area contributed by atoms with Crippen molar-refractivity contribution in [2.45, 2.75) is 39.7 Å². The molecule has 0 spiro atoms. The van der Waals surface area contributed by atoms with Crippen LogP contribution in [-0.4, -0.2) is 15.9 Å². The normalized spacial score (nSPS) is 10.6. The zero-order valence-corrected chi connectivity index (χ0v) is 12.6. The van der Waals surface area contributed by atoms with E-state index in [-0.39, 0.29) is 19.0 Å². The number of thiazole rings is 2. The van der Waals surface area contributed by atoms with Gasteiger partial charge in [-0.05, 0) is 19.8 Å². The number of carbonyl (C=O) groups excluding carboxylic acids is 1. The molecule has 102 valence electrons. The summed E-state index contributed by atoms with van der Waals surface area (Å²) in [7, 11) is 0. The Morgan fingerprint density at radius 1 is 1.26 bits per heavy atom. The van der Waals surface area contributed by atoms with Crippen LogP contribution in [0.15, 0.2) is 10.8 Å². The van der Waals surface area contributed by atoms with Crippen LogP contribution in [0.25, 0.3) is 0 Å². The molecular weight excluding hydrogens is 280 g/mol. The molecule has 0 aromatic carbocycles. The Hall–Kier alpha value is -1.27. The third-order valence-corrected chi connectivity index (χ3v) is 4.22. The van der Waals surface area contributed by atoms with Crippen LogP contribution in [0.3, 0.4) is 0 Å². The van der Waals surface area contributed by atoms with Crippen LogP contribution in [-0.2, 0) is 29.0 Å². The number of aromatic nitrogens is 2. The molecule has 0 saturated carbocycles. The second kappa shape index (κ2) is 6.77. The van der Waals surface area contributed by atoms with Crippen molar-refractivity contribution < 1.29 is 9.53 Å². The van der Waals surface area contributed by atoms with Crippen LogP contribution in [0.1, 0.15) is 34.7 Å². The van der Waals surface area contributed by atoms with Gasteiger partial charge in [0.25, 0.3) is 0 Å². The highest BCUT2D eigenvalue weighted by Crippen LogP contribution is 2.13. The van der Waals surface area contributed by atoms with Gasteiger partial charge in [0, 0.05) is 10.8 Å². The number of ether oxygens (including phenoxy) is 1. The van der Waals surface area contributed by atoms with E-state index in [1.807, 2.05) is 17.7 Å². The minimum Gasteiger partial charge on any atom is -0.459 e. The predicted octanol–water partition coefficient (Wildman–Crippen LogP) is 3.15. The van der Waals surface area contributed by atoms with Crippen molar-refractivity contribution in [2.24, 2.45) is 0 Å². The Labute approximate surface area is 120 Å². The number of rotatable bonds is 6. The zero-order valence-electron chi connectivity index (χ0n) is 11.0. The van der Waals surface area contributed by atoms with E-state index in [0.29, 0.717) is 0 Å². The third kappa shape index (κ3) is 4.40. The van der Waals surface area contributed by atoms with Gasteiger partial charge in [-0.15, -0.1) is 22.7 Å². The summed E-state index contributed by atoms with van der Waals surface area (Å²) in [5.41, 5.74) is 1.61. The second-order valence-corrected chi connectivity index (χ2v) is 6.18. The van der Waals surface area contributed by atoms with E-state index in [9.17, 15) is 4.79 Å². The largest absolute Gasteiger partial charge is 0.459 e. The van der Waals surface area contributed by atoms with Crippen LogP contribution >= 0.6 is 22.7 Å². The lowest BCUT2D eigenvalue weighted by atomic mass is 10.3. The van der Waals surface area contributed by atoms with Crippen molar-refractivity contribution in [1.82, 2.24) is 9.97 Å². The summed E-state index contributed by atoms with van der Waals surface area (Å²) in [6.45, 7) is 4.29. The fourth-order valence-electron chi connectivity index (χ4n) is 1.59. The number of hydrogen-bond acceptors (Lipinski definition) is 6. The number of carbonyl (C=O) groups is 1. The van der Waals surface area contributed by atoms with Gasteiger partial charge in [-0.25, -0.2) is 9.97 Å². The van der Waals surface area contributed by atoms with Gasteiger partial charge in [-0.2, -0.15) is 0 Å². The van der Waals surface area contributed by atoms with Gasteiger partial charge in [0.2, 0.25) is 0 Å². The summed E-state index contributed by atoms with van der Waals surface area (Å²) in [5.74, 6) is -0.254. The van der Waals surface area contributed by atoms with Crippen molar-refractivity contribution in [3.8, 4) is 0 Å². The predicted molar refractivity (Wildman–Crippen MR) is 76.5 cm³/mol. The number of aryl methyl sites for hydroxylation is 2. The summed E-state index contributed by atoms with van der Waals surface area (Å²) in [6.07, 6.45) is 2.29. The molecule has 2 aromatic rings. The molecule has 0 aliphatic heterocycles. The topological polar surface area (TPSA) is 52.1 Å². The van der Waals surface area contributed by atoms with Crippen molar-refractivity contribution in [3.05, 3.63) is 32.2 Å². The summed E-state index contributed by atoms with van der Waals surface area (Å²) >= 11 is 3.16. The van der Waals surface area contributed by atoms with Gasteiger partial charge in [-0.1, -0.05) is 6.92 Å². The fourth-order valence-corrected chi connectivity index (χ4v) is 3.08. The van der Waals surface area contributed by atoms with E-state index in [1.165, 1.54) is 0 Å². The molecular formula is C13H16N2O2S2. The maximum atomic E-state index is 11.6. The Balaban J connectivity index is 1.79. The Morgan fingerprint density at radius 3 is 2.74 bits per heavy atom. The van der Waals surface area contributed by atoms with E-state index in [0.717, 1.165) is 34.2 Å². The Morgan fingerprint density at radius 2 is 2.05 bits per heavy atom. The van der Waals surface area contributed by atoms with Gasteiger partial charge in [-0.3, -0.25) is 4.79 Å². The van der Waals surface area contributed by atoms with Gasteiger partial charge in [0.1, 0.15) is 6.61 Å². The molecule has 6 heteroatoms. The van der Waals surface area contributed by atoms with Crippen molar-refractivity contribution in [3.63, 3.8) is 0 Å². The monoisotopic (exact) mass is 296 g/mol. The first kappa shape index (κ1) is 14.1. The molecule has 2 aromatic heterocycles. The summed E-state index contributed by atoms with van der Waals surface area (Å²) < 4.78 is 5.20. The van der Waals surface area contributed by atoms with Crippen molar-refractivity contribution >= 4 is 28.6 Å². The maximum absolute atomic E-state index is 11.6. The average molecular weight is 296 g/mol. The molecule has 0 N–H and O–H groups in total. The lowest BCUT2D eigenvalue weighted by molar-refractivity contribution is -0.144. The first-order valence-corrected chi connectivity index (χ1v) is 7.93. The summed E-state index contributed by atoms with van der Waals surface area (Å²) in [5, 5.41) is 5.90. The van der Waals surface area contributed by atoms with Gasteiger partial charge in [0.15, 0.2) is 0 Å². The standard InChI is InChI=1S/C13H16N2O2S2/c1-3-4-12-15-11(8-19-12)6-17-13(16)5-10-7-18-9(2)14-10/h7-8H,3-6H2,1-2H3. The molecule has 4 nitrogen and oxygen atoms in total. The number of hydrogen-bond donors (Lipinski definition) is 0. The van der Waals surface area contributed by atoms with E-state index in [1.54, 1.807) is 22.7 Å². The SMILES string of the molecule is CCCc1nc(COC(=O)Cc2csc(C)n2)cs1. The van der Waals surface area contributed by atoms with Gasteiger partial charge in [0.05, 0.1) is 27.8 Å². The van der Waals surface area contributed by atoms with Crippen LogP contribution in [0.5, 0.6) is 0 Å². The number of nitrogens with zero attached hydrogens (tertiary/aromatic N) is 2. The molecule has 19 heavy (non-hydrogen) atoms. The van der Waals surface area contributed by atoms with E-state index < -0.39 is 0 Å². The minimum atomic E-state index is -0.254. The lowest BCUT2D eigenvalue weighted by Crippen LogP contribution is -2.08. The van der Waals surface area contributed by atoms with E-state index in [4.69, 9.17) is 4.74 Å². The molecule has 0 aliphatic rings. The van der Waals surface area contributed by atoms with Crippen LogP contribution < -0.4 is 0 Å². The van der Waals surface area contributed by atoms with E-state index in [2.05, 4.69) is 16.9 Å². The first-order valence-electron chi connectivity index (χ1n) is 6.17. The number of esters is 1. The molecule has 0 bridgehead atoms. The highest BCUT2D eigenvalue weighted by atomic mass is 32.1. The first-order chi connectivity index (χ1) is 9.17. The highest BCUT2D eigenvalue weighted by molar-refractivity contribution is 7.09. The van der Waals surface area contributed by atoms with Crippen LogP contribution in [0, 0.1) is 6.92 Å². The lowest BCUT2D eigenvalue weighted by Gasteiger charge is -2.00. The average Bonchev–Trinajstić information content (AvgIpc) is 2.97. The van der Waals surface area contributed by atoms with Crippen molar-refractivity contribution in [2.75, 3.05) is 0 Å². The molecule has 0 atom stereocenters. The summed E-state index contributed by atoms with van der Waals surface area (Å²) in [6, 6.07) is 0. The maximum Gasteiger partial charge on any atom is 0.312 e. The van der Waals surface area contributed by atoms with Crippen LogP contribution in [0.2, 0.25) is 0 Å². The zero-order chi connectivity index (χ0) is 13.7. The van der Waals surface area contributed by atoms with Crippen molar-refractivity contribution in [1.29, 1.82) is 0 Å². The third-order valence-electron chi connectivity index (χ3n) is 2.44. The smallest absolute Gasteiger partial charge is 0.312 e. The molecule has 0 unspecified atom stereocenters. The molecule has 2 rings (SSSR count). The molecule has 0 aliphatic carbocycles. The Kier molecular flexibility index (Phi) is 5.04. The fraction of sp³-hybridized carbons (Fsp3) is 0.462. The van der Waals surface area contributed by atoms with Gasteiger partial charge < -0.3 is 4.74 Å². The van der Waals surface area contributed by atoms with Gasteiger partial charge >= 0.3 is 5.97 Å². The molecule has 0 saturated heterocycles. The molecule has 2 heterocycles.